The molecule has 0 atom stereocenters. The average Bonchev–Trinajstić information content (AvgIpc) is 2.50. The Morgan fingerprint density at radius 2 is 2.20 bits per heavy atom. The predicted molar refractivity (Wildman–Crippen MR) is 69.4 cm³/mol. The molecule has 0 aromatic carbocycles. The first kappa shape index (κ1) is 13.2. The smallest absolute Gasteiger partial charge is 0.0701 e. The highest BCUT2D eigenvalue weighted by Gasteiger charge is 2.03. The fourth-order valence-electron chi connectivity index (χ4n) is 1.23. The Hall–Kier alpha value is 0.1000. The summed E-state index contributed by atoms with van der Waals surface area (Å²) >= 11 is 5.26. The molecule has 0 N–H and O–H groups in total. The van der Waals surface area contributed by atoms with Gasteiger partial charge < -0.3 is 4.74 Å². The van der Waals surface area contributed by atoms with E-state index in [2.05, 4.69) is 53.9 Å². The van der Waals surface area contributed by atoms with Crippen molar-refractivity contribution >= 4 is 27.3 Å². The standard InChI is InChI=1S/C11H18BrNOS/c1-9(2)14-7-6-13(3)8-10-4-5-11(12)15-10/h4-5,9H,6-8H2,1-3H3. The molecule has 0 saturated heterocycles. The highest BCUT2D eigenvalue weighted by atomic mass is 79.9. The minimum atomic E-state index is 0.328. The fourth-order valence-corrected chi connectivity index (χ4v) is 2.79. The van der Waals surface area contributed by atoms with Crippen LogP contribution in [0.1, 0.15) is 18.7 Å². The molecule has 1 heterocycles. The lowest BCUT2D eigenvalue weighted by molar-refractivity contribution is 0.0628. The molecule has 0 aliphatic heterocycles. The van der Waals surface area contributed by atoms with E-state index in [1.165, 1.54) is 8.66 Å². The van der Waals surface area contributed by atoms with Crippen LogP contribution in [0.25, 0.3) is 0 Å². The number of rotatable bonds is 6. The Kier molecular flexibility index (Phi) is 5.82. The van der Waals surface area contributed by atoms with Crippen molar-refractivity contribution in [3.8, 4) is 0 Å². The fraction of sp³-hybridized carbons (Fsp3) is 0.636. The van der Waals surface area contributed by atoms with Crippen LogP contribution in [0.15, 0.2) is 15.9 Å². The van der Waals surface area contributed by atoms with Crippen LogP contribution >= 0.6 is 27.3 Å². The number of hydrogen-bond acceptors (Lipinski definition) is 3. The van der Waals surface area contributed by atoms with Crippen LogP contribution in [-0.2, 0) is 11.3 Å². The second-order valence-corrected chi connectivity index (χ2v) is 6.41. The molecule has 1 aromatic heterocycles. The summed E-state index contributed by atoms with van der Waals surface area (Å²) in [4.78, 5) is 3.66. The summed E-state index contributed by atoms with van der Waals surface area (Å²) < 4.78 is 6.71. The van der Waals surface area contributed by atoms with Gasteiger partial charge in [0.15, 0.2) is 0 Å². The number of halogens is 1. The Morgan fingerprint density at radius 1 is 1.47 bits per heavy atom. The normalized spacial score (nSPS) is 11.6. The molecule has 0 unspecified atom stereocenters. The van der Waals surface area contributed by atoms with Crippen LogP contribution in [0.2, 0.25) is 0 Å². The number of thiophene rings is 1. The lowest BCUT2D eigenvalue weighted by Gasteiger charge is -2.16. The SMILES string of the molecule is CC(C)OCCN(C)Cc1ccc(Br)s1. The molecule has 15 heavy (non-hydrogen) atoms. The second kappa shape index (κ2) is 6.63. The molecule has 0 saturated carbocycles. The molecule has 1 aromatic rings. The molecule has 0 bridgehead atoms. The van der Waals surface area contributed by atoms with E-state index >= 15 is 0 Å². The highest BCUT2D eigenvalue weighted by molar-refractivity contribution is 9.11. The Balaban J connectivity index is 2.21. The maximum absolute atomic E-state index is 5.51. The van der Waals surface area contributed by atoms with E-state index in [1.807, 2.05) is 0 Å². The van der Waals surface area contributed by atoms with Gasteiger partial charge in [0.05, 0.1) is 16.5 Å². The minimum Gasteiger partial charge on any atom is -0.377 e. The third-order valence-corrected chi connectivity index (χ3v) is 3.59. The van der Waals surface area contributed by atoms with Crippen LogP contribution in [0.3, 0.4) is 0 Å². The average molecular weight is 292 g/mol. The Bertz CT molecular complexity index is 288. The molecule has 4 heteroatoms. The van der Waals surface area contributed by atoms with Gasteiger partial charge in [-0.15, -0.1) is 11.3 Å². The quantitative estimate of drug-likeness (QED) is 0.797. The van der Waals surface area contributed by atoms with Crippen molar-refractivity contribution in [2.45, 2.75) is 26.5 Å². The molecule has 0 radical (unpaired) electrons. The lowest BCUT2D eigenvalue weighted by Crippen LogP contribution is -2.23. The maximum atomic E-state index is 5.51. The Morgan fingerprint density at radius 3 is 2.73 bits per heavy atom. The first-order valence-electron chi connectivity index (χ1n) is 5.12. The van der Waals surface area contributed by atoms with Crippen LogP contribution in [0.5, 0.6) is 0 Å². The molecule has 2 nitrogen and oxygen atoms in total. The zero-order chi connectivity index (χ0) is 11.3. The van der Waals surface area contributed by atoms with Crippen molar-refractivity contribution in [2.24, 2.45) is 0 Å². The third-order valence-electron chi connectivity index (χ3n) is 1.98. The summed E-state index contributed by atoms with van der Waals surface area (Å²) in [6, 6.07) is 4.26. The van der Waals surface area contributed by atoms with Crippen LogP contribution < -0.4 is 0 Å². The topological polar surface area (TPSA) is 12.5 Å². The van der Waals surface area contributed by atoms with E-state index in [1.54, 1.807) is 11.3 Å². The van der Waals surface area contributed by atoms with Gasteiger partial charge in [-0.25, -0.2) is 0 Å². The third kappa shape index (κ3) is 5.66. The molecular weight excluding hydrogens is 274 g/mol. The van der Waals surface area contributed by atoms with Crippen molar-refractivity contribution in [1.82, 2.24) is 4.90 Å². The summed E-state index contributed by atoms with van der Waals surface area (Å²) in [6.45, 7) is 6.92. The first-order valence-corrected chi connectivity index (χ1v) is 6.73. The van der Waals surface area contributed by atoms with Gasteiger partial charge >= 0.3 is 0 Å². The van der Waals surface area contributed by atoms with Gasteiger partial charge in [0, 0.05) is 18.0 Å². The predicted octanol–water partition coefficient (Wildman–Crippen LogP) is 3.37. The summed E-state index contributed by atoms with van der Waals surface area (Å²) in [6.07, 6.45) is 0.328. The molecule has 1 rings (SSSR count). The lowest BCUT2D eigenvalue weighted by atomic mass is 10.4. The van der Waals surface area contributed by atoms with Crippen LogP contribution in [0, 0.1) is 0 Å². The van der Waals surface area contributed by atoms with Crippen molar-refractivity contribution in [3.05, 3.63) is 20.8 Å². The number of hydrogen-bond donors (Lipinski definition) is 0. The van der Waals surface area contributed by atoms with E-state index in [9.17, 15) is 0 Å². The molecule has 0 aliphatic rings. The second-order valence-electron chi connectivity index (χ2n) is 3.86. The molecule has 86 valence electrons. The summed E-state index contributed by atoms with van der Waals surface area (Å²) in [7, 11) is 2.12. The summed E-state index contributed by atoms with van der Waals surface area (Å²) in [5.41, 5.74) is 0. The van der Waals surface area contributed by atoms with Gasteiger partial charge in [0.25, 0.3) is 0 Å². The largest absolute Gasteiger partial charge is 0.377 e. The molecular formula is C11H18BrNOS. The van der Waals surface area contributed by atoms with Gasteiger partial charge in [0.1, 0.15) is 0 Å². The number of likely N-dealkylation sites (N-methyl/N-ethyl adjacent to an activating group) is 1. The number of ether oxygens (including phenoxy) is 1. The van der Waals surface area contributed by atoms with Crippen LogP contribution in [0.4, 0.5) is 0 Å². The van der Waals surface area contributed by atoms with Gasteiger partial charge in [-0.2, -0.15) is 0 Å². The van der Waals surface area contributed by atoms with Gasteiger partial charge in [0.2, 0.25) is 0 Å². The number of nitrogens with zero attached hydrogens (tertiary/aromatic N) is 1. The van der Waals surface area contributed by atoms with Gasteiger partial charge in [-0.1, -0.05) is 0 Å². The molecule has 0 spiro atoms. The monoisotopic (exact) mass is 291 g/mol. The van der Waals surface area contributed by atoms with Gasteiger partial charge in [-0.3, -0.25) is 4.90 Å². The Labute approximate surface area is 104 Å². The van der Waals surface area contributed by atoms with Crippen molar-refractivity contribution in [1.29, 1.82) is 0 Å². The zero-order valence-corrected chi connectivity index (χ0v) is 11.9. The molecule has 0 fully saturated rings. The maximum Gasteiger partial charge on any atom is 0.0701 e. The van der Waals surface area contributed by atoms with Crippen molar-refractivity contribution in [3.63, 3.8) is 0 Å². The molecule has 0 amide bonds. The van der Waals surface area contributed by atoms with E-state index in [4.69, 9.17) is 4.74 Å². The van der Waals surface area contributed by atoms with E-state index < -0.39 is 0 Å². The minimum absolute atomic E-state index is 0.328. The van der Waals surface area contributed by atoms with Crippen molar-refractivity contribution in [2.75, 3.05) is 20.2 Å². The molecule has 0 aliphatic carbocycles. The summed E-state index contributed by atoms with van der Waals surface area (Å²) in [5.74, 6) is 0. The highest BCUT2D eigenvalue weighted by Crippen LogP contribution is 2.22. The zero-order valence-electron chi connectivity index (χ0n) is 9.50. The summed E-state index contributed by atoms with van der Waals surface area (Å²) in [5, 5.41) is 0. The van der Waals surface area contributed by atoms with E-state index in [0.29, 0.717) is 6.10 Å². The first-order chi connectivity index (χ1) is 7.08. The van der Waals surface area contributed by atoms with Crippen molar-refractivity contribution < 1.29 is 4.74 Å². The van der Waals surface area contributed by atoms with Crippen LogP contribution in [-0.4, -0.2) is 31.2 Å². The van der Waals surface area contributed by atoms with E-state index in [0.717, 1.165) is 19.7 Å². The van der Waals surface area contributed by atoms with E-state index in [-0.39, 0.29) is 0 Å². The van der Waals surface area contributed by atoms with Gasteiger partial charge in [-0.05, 0) is 49.0 Å².